The topological polar surface area (TPSA) is 134 Å². The normalized spacial score (nSPS) is 36.8. The molecule has 4 unspecified atom stereocenters. The van der Waals surface area contributed by atoms with Crippen molar-refractivity contribution in [3.8, 4) is 0 Å². The summed E-state index contributed by atoms with van der Waals surface area (Å²) in [7, 11) is -4.39. The maximum atomic E-state index is 10.8. The van der Waals surface area contributed by atoms with Crippen LogP contribution in [0, 0.1) is 5.92 Å². The van der Waals surface area contributed by atoms with Crippen LogP contribution in [0.5, 0.6) is 0 Å². The fourth-order valence-electron chi connectivity index (χ4n) is 1.78. The SMILES string of the molecule is CCC(C)COC1OC(CS(=O)(=O)O)[C@H](O)[C@@H](O)C1O. The highest BCUT2D eigenvalue weighted by Gasteiger charge is 2.45. The number of hydrogen-bond acceptors (Lipinski definition) is 7. The monoisotopic (exact) mass is 314 g/mol. The molecule has 0 amide bonds. The number of ether oxygens (including phenoxy) is 2. The molecule has 0 saturated carbocycles. The highest BCUT2D eigenvalue weighted by molar-refractivity contribution is 7.85. The molecule has 1 saturated heterocycles. The van der Waals surface area contributed by atoms with E-state index >= 15 is 0 Å². The molecular weight excluding hydrogens is 292 g/mol. The molecule has 0 aliphatic carbocycles. The van der Waals surface area contributed by atoms with Gasteiger partial charge in [-0.2, -0.15) is 8.42 Å². The van der Waals surface area contributed by atoms with Gasteiger partial charge in [-0.3, -0.25) is 4.55 Å². The second kappa shape index (κ2) is 7.12. The Balaban J connectivity index is 2.70. The first-order chi connectivity index (χ1) is 9.15. The summed E-state index contributed by atoms with van der Waals surface area (Å²) in [6.07, 6.45) is -6.53. The van der Waals surface area contributed by atoms with Gasteiger partial charge in [-0.05, 0) is 5.92 Å². The van der Waals surface area contributed by atoms with E-state index < -0.39 is 46.6 Å². The Morgan fingerprint density at radius 1 is 1.20 bits per heavy atom. The molecule has 0 aromatic rings. The molecule has 8 nitrogen and oxygen atoms in total. The quantitative estimate of drug-likeness (QED) is 0.447. The van der Waals surface area contributed by atoms with Gasteiger partial charge in [0.2, 0.25) is 0 Å². The van der Waals surface area contributed by atoms with Crippen LogP contribution < -0.4 is 0 Å². The van der Waals surface area contributed by atoms with Gasteiger partial charge in [0.1, 0.15) is 30.2 Å². The third-order valence-electron chi connectivity index (χ3n) is 3.29. The summed E-state index contributed by atoms with van der Waals surface area (Å²) in [5.41, 5.74) is 0. The fraction of sp³-hybridized carbons (Fsp3) is 1.00. The lowest BCUT2D eigenvalue weighted by molar-refractivity contribution is -0.294. The molecule has 0 bridgehead atoms. The van der Waals surface area contributed by atoms with E-state index in [1.54, 1.807) is 0 Å². The van der Waals surface area contributed by atoms with Crippen LogP contribution in [0.1, 0.15) is 20.3 Å². The van der Waals surface area contributed by atoms with Crippen molar-refractivity contribution < 1.29 is 37.8 Å². The van der Waals surface area contributed by atoms with Crippen molar-refractivity contribution >= 4 is 10.1 Å². The van der Waals surface area contributed by atoms with E-state index in [4.69, 9.17) is 14.0 Å². The maximum Gasteiger partial charge on any atom is 0.267 e. The van der Waals surface area contributed by atoms with Crippen LogP contribution in [-0.4, -0.2) is 71.4 Å². The van der Waals surface area contributed by atoms with Crippen molar-refractivity contribution in [2.24, 2.45) is 5.92 Å². The molecule has 1 aliphatic heterocycles. The summed E-state index contributed by atoms with van der Waals surface area (Å²) in [4.78, 5) is 0. The zero-order valence-electron chi connectivity index (χ0n) is 11.4. The second-order valence-corrected chi connectivity index (χ2v) is 6.61. The van der Waals surface area contributed by atoms with Gasteiger partial charge >= 0.3 is 0 Å². The van der Waals surface area contributed by atoms with Crippen molar-refractivity contribution in [1.82, 2.24) is 0 Å². The van der Waals surface area contributed by atoms with E-state index in [9.17, 15) is 23.7 Å². The largest absolute Gasteiger partial charge is 0.388 e. The molecule has 1 rings (SSSR count). The van der Waals surface area contributed by atoms with Crippen LogP contribution in [0.3, 0.4) is 0 Å². The van der Waals surface area contributed by atoms with Crippen molar-refractivity contribution in [3.05, 3.63) is 0 Å². The summed E-state index contributed by atoms with van der Waals surface area (Å²) in [5.74, 6) is -0.698. The Morgan fingerprint density at radius 3 is 2.30 bits per heavy atom. The molecule has 9 heteroatoms. The smallest absolute Gasteiger partial charge is 0.267 e. The lowest BCUT2D eigenvalue weighted by atomic mass is 10.00. The van der Waals surface area contributed by atoms with E-state index in [0.717, 1.165) is 6.42 Å². The standard InChI is InChI=1S/C11H22O8S/c1-3-6(2)4-18-11-10(14)9(13)8(12)7(19-11)5-20(15,16)17/h6-14H,3-5H2,1-2H3,(H,15,16,17)/t6?,7?,8-,9+,10?,11?/m0/s1. The van der Waals surface area contributed by atoms with Crippen LogP contribution in [0.15, 0.2) is 0 Å². The van der Waals surface area contributed by atoms with Crippen molar-refractivity contribution in [1.29, 1.82) is 0 Å². The van der Waals surface area contributed by atoms with Crippen molar-refractivity contribution in [3.63, 3.8) is 0 Å². The van der Waals surface area contributed by atoms with Gasteiger partial charge in [0.25, 0.3) is 10.1 Å². The van der Waals surface area contributed by atoms with Crippen LogP contribution >= 0.6 is 0 Å². The van der Waals surface area contributed by atoms with E-state index in [2.05, 4.69) is 0 Å². The van der Waals surface area contributed by atoms with Gasteiger partial charge in [-0.25, -0.2) is 0 Å². The molecule has 0 radical (unpaired) electrons. The summed E-state index contributed by atoms with van der Waals surface area (Å²) < 4.78 is 40.9. The van der Waals surface area contributed by atoms with E-state index in [1.165, 1.54) is 0 Å². The maximum absolute atomic E-state index is 10.8. The van der Waals surface area contributed by atoms with Gasteiger partial charge in [-0.15, -0.1) is 0 Å². The van der Waals surface area contributed by atoms with Crippen LogP contribution in [-0.2, 0) is 19.6 Å². The number of hydrogen-bond donors (Lipinski definition) is 4. The summed E-state index contributed by atoms with van der Waals surface area (Å²) >= 11 is 0. The van der Waals surface area contributed by atoms with Crippen LogP contribution in [0.25, 0.3) is 0 Å². The molecule has 0 aromatic carbocycles. The van der Waals surface area contributed by atoms with Crippen molar-refractivity contribution in [2.75, 3.05) is 12.4 Å². The highest BCUT2D eigenvalue weighted by Crippen LogP contribution is 2.23. The first-order valence-electron chi connectivity index (χ1n) is 6.42. The van der Waals surface area contributed by atoms with Gasteiger partial charge in [0.05, 0.1) is 6.61 Å². The number of rotatable bonds is 6. The third kappa shape index (κ3) is 4.92. The second-order valence-electron chi connectivity index (χ2n) is 5.11. The van der Waals surface area contributed by atoms with Gasteiger partial charge < -0.3 is 24.8 Å². The number of aliphatic hydroxyl groups is 3. The van der Waals surface area contributed by atoms with E-state index in [0.29, 0.717) is 0 Å². The Bertz CT molecular complexity index is 397. The molecule has 0 aromatic heterocycles. The molecule has 1 fully saturated rings. The van der Waals surface area contributed by atoms with Crippen LogP contribution in [0.2, 0.25) is 0 Å². The molecule has 0 spiro atoms. The first-order valence-corrected chi connectivity index (χ1v) is 8.03. The lowest BCUT2D eigenvalue weighted by Crippen LogP contribution is -2.59. The summed E-state index contributed by atoms with van der Waals surface area (Å²) in [5, 5.41) is 29.1. The Hall–Kier alpha value is -0.290. The van der Waals surface area contributed by atoms with Gasteiger partial charge in [0, 0.05) is 0 Å². The minimum Gasteiger partial charge on any atom is -0.388 e. The zero-order chi connectivity index (χ0) is 15.5. The summed E-state index contributed by atoms with van der Waals surface area (Å²) in [6, 6.07) is 0. The first kappa shape index (κ1) is 17.8. The molecule has 1 aliphatic rings. The summed E-state index contributed by atoms with van der Waals surface area (Å²) in [6.45, 7) is 4.11. The van der Waals surface area contributed by atoms with Crippen molar-refractivity contribution in [2.45, 2.75) is 51.0 Å². The lowest BCUT2D eigenvalue weighted by Gasteiger charge is -2.40. The predicted octanol–water partition coefficient (Wildman–Crippen LogP) is -1.26. The minimum absolute atomic E-state index is 0.190. The van der Waals surface area contributed by atoms with E-state index in [1.807, 2.05) is 13.8 Å². The molecule has 6 atom stereocenters. The Morgan fingerprint density at radius 2 is 1.80 bits per heavy atom. The molecular formula is C11H22O8S. The van der Waals surface area contributed by atoms with E-state index in [-0.39, 0.29) is 12.5 Å². The zero-order valence-corrected chi connectivity index (χ0v) is 12.2. The predicted molar refractivity (Wildman–Crippen MR) is 68.5 cm³/mol. The Labute approximate surface area is 118 Å². The Kier molecular flexibility index (Phi) is 6.32. The van der Waals surface area contributed by atoms with Gasteiger partial charge in [0.15, 0.2) is 6.29 Å². The minimum atomic E-state index is -4.39. The molecule has 20 heavy (non-hydrogen) atoms. The van der Waals surface area contributed by atoms with Crippen LogP contribution in [0.4, 0.5) is 0 Å². The molecule has 1 heterocycles. The molecule has 120 valence electrons. The number of aliphatic hydroxyl groups excluding tert-OH is 3. The average Bonchev–Trinajstić information content (AvgIpc) is 2.36. The third-order valence-corrected chi connectivity index (χ3v) is 4.04. The fourth-order valence-corrected chi connectivity index (χ4v) is 2.47. The highest BCUT2D eigenvalue weighted by atomic mass is 32.2. The molecule has 4 N–H and O–H groups in total. The van der Waals surface area contributed by atoms with Gasteiger partial charge in [-0.1, -0.05) is 20.3 Å². The average molecular weight is 314 g/mol.